The number of ether oxygens (including phenoxy) is 1. The molecule has 1 aromatic heterocycles. The lowest BCUT2D eigenvalue weighted by Gasteiger charge is -2.31. The number of aliphatic hydroxyl groups is 1. The van der Waals surface area contributed by atoms with Gasteiger partial charge in [-0.2, -0.15) is 0 Å². The lowest BCUT2D eigenvalue weighted by atomic mass is 9.96. The number of H-pyrrole nitrogens is 1. The predicted molar refractivity (Wildman–Crippen MR) is 88.2 cm³/mol. The number of piperidine rings is 1. The van der Waals surface area contributed by atoms with Gasteiger partial charge < -0.3 is 25.5 Å². The number of hydrogen-bond acceptors (Lipinski definition) is 4. The van der Waals surface area contributed by atoms with Crippen molar-refractivity contribution in [2.24, 2.45) is 11.7 Å². The summed E-state index contributed by atoms with van der Waals surface area (Å²) in [6, 6.07) is 7.78. The summed E-state index contributed by atoms with van der Waals surface area (Å²) in [5.74, 6) is 0.536. The molecule has 124 valence electrons. The van der Waals surface area contributed by atoms with E-state index in [-0.39, 0.29) is 18.4 Å². The molecule has 1 fully saturated rings. The van der Waals surface area contributed by atoms with Crippen LogP contribution in [-0.2, 0) is 4.79 Å². The largest absolute Gasteiger partial charge is 0.490 e. The molecule has 23 heavy (non-hydrogen) atoms. The number of carbonyl (C=O) groups excluding carboxylic acids is 1. The highest BCUT2D eigenvalue weighted by Crippen LogP contribution is 2.24. The fourth-order valence-electron chi connectivity index (χ4n) is 3.12. The van der Waals surface area contributed by atoms with Gasteiger partial charge in [-0.15, -0.1) is 0 Å². The smallest absolute Gasteiger partial charge is 0.220 e. The molecule has 4 N–H and O–H groups in total. The maximum atomic E-state index is 11.2. The van der Waals surface area contributed by atoms with Crippen LogP contribution in [0.5, 0.6) is 5.75 Å². The van der Waals surface area contributed by atoms with Gasteiger partial charge in [-0.3, -0.25) is 4.79 Å². The minimum absolute atomic E-state index is 0.0224. The maximum Gasteiger partial charge on any atom is 0.220 e. The van der Waals surface area contributed by atoms with E-state index >= 15 is 0 Å². The second-order valence-electron chi connectivity index (χ2n) is 6.14. The number of primary amides is 1. The molecule has 2 aromatic rings. The highest BCUT2D eigenvalue weighted by atomic mass is 16.5. The van der Waals surface area contributed by atoms with Gasteiger partial charge in [0.2, 0.25) is 5.91 Å². The molecule has 1 aromatic carbocycles. The number of aromatic nitrogens is 1. The third kappa shape index (κ3) is 3.83. The summed E-state index contributed by atoms with van der Waals surface area (Å²) >= 11 is 0. The summed E-state index contributed by atoms with van der Waals surface area (Å²) < 4.78 is 5.77. The molecule has 0 radical (unpaired) electrons. The average molecular weight is 317 g/mol. The quantitative estimate of drug-likeness (QED) is 0.744. The molecular formula is C17H23N3O3. The standard InChI is InChI=1S/C17H23N3O3/c18-17(22)12-5-8-20(9-6-12)10-13(21)11-23-16-3-1-2-15-14(16)4-7-19-15/h1-4,7,12-13,19,21H,5-6,8-11H2,(H2,18,22). The Hall–Kier alpha value is -2.05. The molecule has 0 bridgehead atoms. The zero-order chi connectivity index (χ0) is 16.2. The number of benzene rings is 1. The highest BCUT2D eigenvalue weighted by molar-refractivity contribution is 5.85. The minimum atomic E-state index is -0.561. The first kappa shape index (κ1) is 15.8. The molecule has 1 atom stereocenters. The van der Waals surface area contributed by atoms with Crippen molar-refractivity contribution in [3.63, 3.8) is 0 Å². The number of hydrogen-bond donors (Lipinski definition) is 3. The molecule has 1 aliphatic rings. The number of nitrogens with one attached hydrogen (secondary N) is 1. The van der Waals surface area contributed by atoms with E-state index in [1.807, 2.05) is 30.5 Å². The van der Waals surface area contributed by atoms with Gasteiger partial charge in [0.25, 0.3) is 0 Å². The van der Waals surface area contributed by atoms with Crippen LogP contribution < -0.4 is 10.5 Å². The molecule has 2 heterocycles. The molecule has 3 rings (SSSR count). The Morgan fingerprint density at radius 1 is 1.39 bits per heavy atom. The minimum Gasteiger partial charge on any atom is -0.490 e. The predicted octanol–water partition coefficient (Wildman–Crippen LogP) is 1.10. The Morgan fingerprint density at radius 3 is 2.91 bits per heavy atom. The number of aliphatic hydroxyl groups excluding tert-OH is 1. The zero-order valence-corrected chi connectivity index (χ0v) is 13.1. The van der Waals surface area contributed by atoms with Gasteiger partial charge in [-0.05, 0) is 44.1 Å². The van der Waals surface area contributed by atoms with Crippen molar-refractivity contribution in [1.29, 1.82) is 0 Å². The van der Waals surface area contributed by atoms with Crippen LogP contribution in [0.1, 0.15) is 12.8 Å². The fraction of sp³-hybridized carbons (Fsp3) is 0.471. The molecule has 1 saturated heterocycles. The SMILES string of the molecule is NC(=O)C1CCN(CC(O)COc2cccc3[nH]ccc23)CC1. The van der Waals surface area contributed by atoms with Gasteiger partial charge in [0.1, 0.15) is 18.5 Å². The fourth-order valence-corrected chi connectivity index (χ4v) is 3.12. The van der Waals surface area contributed by atoms with Crippen molar-refractivity contribution in [3.05, 3.63) is 30.5 Å². The number of carbonyl (C=O) groups is 1. The number of likely N-dealkylation sites (tertiary alicyclic amines) is 1. The first-order valence-corrected chi connectivity index (χ1v) is 8.02. The number of β-amino-alcohol motifs (C(OH)–C–C–N with tert-alkyl or cyclic N) is 1. The van der Waals surface area contributed by atoms with Crippen LogP contribution in [0.25, 0.3) is 10.9 Å². The van der Waals surface area contributed by atoms with E-state index in [4.69, 9.17) is 10.5 Å². The van der Waals surface area contributed by atoms with E-state index in [0.717, 1.165) is 42.6 Å². The Labute approximate surface area is 135 Å². The lowest BCUT2D eigenvalue weighted by molar-refractivity contribution is -0.123. The number of rotatable bonds is 6. The van der Waals surface area contributed by atoms with Gasteiger partial charge in [-0.1, -0.05) is 6.07 Å². The van der Waals surface area contributed by atoms with Crippen LogP contribution >= 0.6 is 0 Å². The van der Waals surface area contributed by atoms with Crippen molar-refractivity contribution in [3.8, 4) is 5.75 Å². The summed E-state index contributed by atoms with van der Waals surface area (Å²) in [5, 5.41) is 11.2. The molecule has 0 spiro atoms. The second-order valence-corrected chi connectivity index (χ2v) is 6.14. The van der Waals surface area contributed by atoms with Crippen LogP contribution in [0, 0.1) is 5.92 Å². The number of fused-ring (bicyclic) bond motifs is 1. The van der Waals surface area contributed by atoms with Crippen molar-refractivity contribution in [2.45, 2.75) is 18.9 Å². The van der Waals surface area contributed by atoms with Crippen molar-refractivity contribution < 1.29 is 14.6 Å². The lowest BCUT2D eigenvalue weighted by Crippen LogP contribution is -2.43. The average Bonchev–Trinajstić information content (AvgIpc) is 3.02. The Morgan fingerprint density at radius 2 is 2.17 bits per heavy atom. The molecule has 0 saturated carbocycles. The van der Waals surface area contributed by atoms with E-state index in [1.165, 1.54) is 0 Å². The highest BCUT2D eigenvalue weighted by Gasteiger charge is 2.24. The van der Waals surface area contributed by atoms with Gasteiger partial charge in [0.05, 0.1) is 0 Å². The molecule has 1 amide bonds. The third-order valence-electron chi connectivity index (χ3n) is 4.45. The van der Waals surface area contributed by atoms with Crippen LogP contribution in [0.2, 0.25) is 0 Å². The Kier molecular flexibility index (Phi) is 4.83. The zero-order valence-electron chi connectivity index (χ0n) is 13.1. The molecule has 1 unspecified atom stereocenters. The third-order valence-corrected chi connectivity index (χ3v) is 4.45. The van der Waals surface area contributed by atoms with Crippen molar-refractivity contribution in [2.75, 3.05) is 26.2 Å². The molecule has 6 nitrogen and oxygen atoms in total. The van der Waals surface area contributed by atoms with E-state index in [2.05, 4.69) is 9.88 Å². The molecule has 0 aliphatic carbocycles. The van der Waals surface area contributed by atoms with Crippen LogP contribution in [0.15, 0.2) is 30.5 Å². The normalized spacial score (nSPS) is 18.1. The number of nitrogens with zero attached hydrogens (tertiary/aromatic N) is 1. The van der Waals surface area contributed by atoms with E-state index in [0.29, 0.717) is 6.54 Å². The van der Waals surface area contributed by atoms with Crippen molar-refractivity contribution in [1.82, 2.24) is 9.88 Å². The number of aromatic amines is 1. The number of nitrogens with two attached hydrogens (primary N) is 1. The van der Waals surface area contributed by atoms with Gasteiger partial charge >= 0.3 is 0 Å². The van der Waals surface area contributed by atoms with Gasteiger partial charge in [-0.25, -0.2) is 0 Å². The summed E-state index contributed by atoms with van der Waals surface area (Å²) in [4.78, 5) is 16.5. The Balaban J connectivity index is 1.48. The maximum absolute atomic E-state index is 11.2. The molecule has 1 aliphatic heterocycles. The second kappa shape index (κ2) is 7.02. The number of amides is 1. The van der Waals surface area contributed by atoms with Crippen molar-refractivity contribution >= 4 is 16.8 Å². The summed E-state index contributed by atoms with van der Waals surface area (Å²) in [7, 11) is 0. The first-order chi connectivity index (χ1) is 11.1. The van der Waals surface area contributed by atoms with Crippen LogP contribution in [-0.4, -0.2) is 53.2 Å². The van der Waals surface area contributed by atoms with E-state index in [1.54, 1.807) is 0 Å². The van der Waals surface area contributed by atoms with Crippen LogP contribution in [0.3, 0.4) is 0 Å². The van der Waals surface area contributed by atoms with Gasteiger partial charge in [0, 0.05) is 29.6 Å². The topological polar surface area (TPSA) is 91.6 Å². The van der Waals surface area contributed by atoms with E-state index in [9.17, 15) is 9.90 Å². The van der Waals surface area contributed by atoms with E-state index < -0.39 is 6.10 Å². The molecular weight excluding hydrogens is 294 g/mol. The van der Waals surface area contributed by atoms with Gasteiger partial charge in [0.15, 0.2) is 0 Å². The summed E-state index contributed by atoms with van der Waals surface area (Å²) in [5.41, 5.74) is 6.35. The molecule has 6 heteroatoms. The summed E-state index contributed by atoms with van der Waals surface area (Å²) in [6.07, 6.45) is 2.85. The monoisotopic (exact) mass is 317 g/mol. The first-order valence-electron chi connectivity index (χ1n) is 8.02. The van der Waals surface area contributed by atoms with Crippen LogP contribution in [0.4, 0.5) is 0 Å². The summed E-state index contributed by atoms with van der Waals surface area (Å²) in [6.45, 7) is 2.38. The Bertz CT molecular complexity index is 662.